The summed E-state index contributed by atoms with van der Waals surface area (Å²) in [6.07, 6.45) is 2.96. The van der Waals surface area contributed by atoms with Crippen LogP contribution >= 0.6 is 0 Å². The zero-order valence-electron chi connectivity index (χ0n) is 6.20. The van der Waals surface area contributed by atoms with E-state index in [9.17, 15) is 4.79 Å². The van der Waals surface area contributed by atoms with E-state index in [1.807, 2.05) is 0 Å². The highest BCUT2D eigenvalue weighted by Gasteiger charge is 2.09. The summed E-state index contributed by atoms with van der Waals surface area (Å²) in [7, 11) is 1.35. The van der Waals surface area contributed by atoms with Gasteiger partial charge in [-0.3, -0.25) is 4.79 Å². The highest BCUT2D eigenvalue weighted by atomic mass is 16.5. The van der Waals surface area contributed by atoms with Crippen LogP contribution in [-0.2, 0) is 9.53 Å². The molecule has 0 saturated carbocycles. The first-order valence-electron chi connectivity index (χ1n) is 3.09. The molecule has 0 aliphatic carbocycles. The van der Waals surface area contributed by atoms with Crippen molar-refractivity contribution in [2.45, 2.75) is 13.3 Å². The van der Waals surface area contributed by atoms with Gasteiger partial charge in [0, 0.05) is 0 Å². The quantitative estimate of drug-likeness (QED) is 0.479. The Morgan fingerprint density at radius 2 is 2.40 bits per heavy atom. The second kappa shape index (κ2) is 4.85. The molecule has 0 fully saturated rings. The third-order valence-corrected chi connectivity index (χ3v) is 1.20. The molecule has 3 nitrogen and oxygen atoms in total. The third-order valence-electron chi connectivity index (χ3n) is 1.20. The first-order valence-corrected chi connectivity index (χ1v) is 3.09. The number of ether oxygens (including phenoxy) is 1. The number of hydrogen-bond acceptors (Lipinski definition) is 3. The normalized spacial score (nSPS) is 13.4. The molecular formula is C7H12O3. The lowest BCUT2D eigenvalue weighted by Gasteiger charge is -2.03. The van der Waals surface area contributed by atoms with Gasteiger partial charge < -0.3 is 9.84 Å². The molecule has 1 unspecified atom stereocenters. The lowest BCUT2D eigenvalue weighted by Crippen LogP contribution is -2.11. The molecule has 0 aromatic carbocycles. The Balaban J connectivity index is 3.61. The van der Waals surface area contributed by atoms with Gasteiger partial charge in [0.2, 0.25) is 0 Å². The minimum Gasteiger partial charge on any atom is -0.516 e. The number of methoxy groups -OCH3 is 1. The van der Waals surface area contributed by atoms with Crippen molar-refractivity contribution < 1.29 is 14.6 Å². The second-order valence-corrected chi connectivity index (χ2v) is 2.04. The minimum atomic E-state index is -0.252. The second-order valence-electron chi connectivity index (χ2n) is 2.04. The topological polar surface area (TPSA) is 46.5 Å². The van der Waals surface area contributed by atoms with Crippen LogP contribution in [0.25, 0.3) is 0 Å². The number of rotatable bonds is 3. The van der Waals surface area contributed by atoms with E-state index < -0.39 is 0 Å². The van der Waals surface area contributed by atoms with Gasteiger partial charge in [-0.15, -0.1) is 0 Å². The summed E-state index contributed by atoms with van der Waals surface area (Å²) in [5, 5.41) is 8.24. The average molecular weight is 144 g/mol. The van der Waals surface area contributed by atoms with E-state index in [0.29, 0.717) is 6.42 Å². The van der Waals surface area contributed by atoms with Crippen LogP contribution in [0.15, 0.2) is 12.3 Å². The van der Waals surface area contributed by atoms with Gasteiger partial charge in [-0.25, -0.2) is 0 Å². The number of carbonyl (C=O) groups is 1. The Kier molecular flexibility index (Phi) is 4.37. The number of carbonyl (C=O) groups excluding carboxylic acids is 1. The van der Waals surface area contributed by atoms with Gasteiger partial charge in [0.1, 0.15) is 0 Å². The fraction of sp³-hybridized carbons (Fsp3) is 0.571. The van der Waals surface area contributed by atoms with Crippen molar-refractivity contribution in [1.82, 2.24) is 0 Å². The van der Waals surface area contributed by atoms with Gasteiger partial charge in [-0.1, -0.05) is 6.92 Å². The van der Waals surface area contributed by atoms with E-state index in [2.05, 4.69) is 4.74 Å². The molecular weight excluding hydrogens is 132 g/mol. The van der Waals surface area contributed by atoms with E-state index in [1.165, 1.54) is 13.2 Å². The molecule has 0 bridgehead atoms. The van der Waals surface area contributed by atoms with Gasteiger partial charge in [0.05, 0.1) is 19.3 Å². The lowest BCUT2D eigenvalue weighted by molar-refractivity contribution is -0.144. The zero-order valence-corrected chi connectivity index (χ0v) is 6.20. The largest absolute Gasteiger partial charge is 0.516 e. The zero-order chi connectivity index (χ0) is 7.98. The Morgan fingerprint density at radius 3 is 2.80 bits per heavy atom. The fourth-order valence-electron chi connectivity index (χ4n) is 0.562. The Bertz CT molecular complexity index is 129. The summed E-state index contributed by atoms with van der Waals surface area (Å²) in [5.74, 6) is -0.425. The molecule has 0 aliphatic heterocycles. The van der Waals surface area contributed by atoms with Crippen LogP contribution in [0.5, 0.6) is 0 Å². The van der Waals surface area contributed by atoms with Crippen LogP contribution in [-0.4, -0.2) is 18.2 Å². The molecule has 0 rings (SSSR count). The SMILES string of the molecule is COC(=O)C(C)C/C=C/O. The molecule has 1 atom stereocenters. The summed E-state index contributed by atoms with van der Waals surface area (Å²) >= 11 is 0. The maximum atomic E-state index is 10.7. The smallest absolute Gasteiger partial charge is 0.308 e. The van der Waals surface area contributed by atoms with Crippen LogP contribution in [0.3, 0.4) is 0 Å². The van der Waals surface area contributed by atoms with Crippen LogP contribution < -0.4 is 0 Å². The number of aliphatic hydroxyl groups excluding tert-OH is 1. The van der Waals surface area contributed by atoms with Crippen molar-refractivity contribution in [3.63, 3.8) is 0 Å². The third kappa shape index (κ3) is 3.12. The van der Waals surface area contributed by atoms with Crippen molar-refractivity contribution in [1.29, 1.82) is 0 Å². The molecule has 10 heavy (non-hydrogen) atoms. The standard InChI is InChI=1S/C7H12O3/c1-6(4-3-5-8)7(9)10-2/h3,5-6,8H,4H2,1-2H3/b5-3+. The van der Waals surface area contributed by atoms with E-state index in [4.69, 9.17) is 5.11 Å². The molecule has 0 spiro atoms. The molecule has 58 valence electrons. The number of esters is 1. The van der Waals surface area contributed by atoms with Gasteiger partial charge in [-0.2, -0.15) is 0 Å². The molecule has 0 heterocycles. The Hall–Kier alpha value is -0.990. The van der Waals surface area contributed by atoms with E-state index in [1.54, 1.807) is 6.92 Å². The molecule has 0 amide bonds. The van der Waals surface area contributed by atoms with Gasteiger partial charge in [0.15, 0.2) is 0 Å². The first kappa shape index (κ1) is 9.01. The van der Waals surface area contributed by atoms with E-state index in [0.717, 1.165) is 6.26 Å². The van der Waals surface area contributed by atoms with Crippen molar-refractivity contribution in [2.75, 3.05) is 7.11 Å². The van der Waals surface area contributed by atoms with Crippen LogP contribution in [0.4, 0.5) is 0 Å². The summed E-state index contributed by atoms with van der Waals surface area (Å²) in [5.41, 5.74) is 0. The van der Waals surface area contributed by atoms with Crippen LogP contribution in [0, 0.1) is 5.92 Å². The first-order chi connectivity index (χ1) is 4.72. The van der Waals surface area contributed by atoms with Crippen LogP contribution in [0.2, 0.25) is 0 Å². The summed E-state index contributed by atoms with van der Waals surface area (Å²) in [6.45, 7) is 1.74. The number of allylic oxidation sites excluding steroid dienone is 1. The van der Waals surface area contributed by atoms with Crippen molar-refractivity contribution in [3.8, 4) is 0 Å². The monoisotopic (exact) mass is 144 g/mol. The van der Waals surface area contributed by atoms with Crippen molar-refractivity contribution in [2.24, 2.45) is 5.92 Å². The molecule has 0 aromatic heterocycles. The molecule has 0 aromatic rings. The maximum absolute atomic E-state index is 10.7. The molecule has 1 N–H and O–H groups in total. The van der Waals surface area contributed by atoms with E-state index >= 15 is 0 Å². The molecule has 0 saturated heterocycles. The highest BCUT2D eigenvalue weighted by molar-refractivity contribution is 5.71. The Morgan fingerprint density at radius 1 is 1.80 bits per heavy atom. The Labute approximate surface area is 60.3 Å². The minimum absolute atomic E-state index is 0.173. The molecule has 0 aliphatic rings. The molecule has 0 radical (unpaired) electrons. The van der Waals surface area contributed by atoms with Gasteiger partial charge in [-0.05, 0) is 12.5 Å². The molecule has 3 heteroatoms. The van der Waals surface area contributed by atoms with Crippen molar-refractivity contribution >= 4 is 5.97 Å². The number of hydrogen-bond donors (Lipinski definition) is 1. The highest BCUT2D eigenvalue weighted by Crippen LogP contribution is 2.03. The predicted molar refractivity (Wildman–Crippen MR) is 37.6 cm³/mol. The predicted octanol–water partition coefficient (Wildman–Crippen LogP) is 1.26. The van der Waals surface area contributed by atoms with Crippen LogP contribution in [0.1, 0.15) is 13.3 Å². The maximum Gasteiger partial charge on any atom is 0.308 e. The van der Waals surface area contributed by atoms with Gasteiger partial charge >= 0.3 is 5.97 Å². The fourth-order valence-corrected chi connectivity index (χ4v) is 0.562. The lowest BCUT2D eigenvalue weighted by atomic mass is 10.1. The summed E-state index contributed by atoms with van der Waals surface area (Å²) in [4.78, 5) is 10.7. The van der Waals surface area contributed by atoms with Crippen molar-refractivity contribution in [3.05, 3.63) is 12.3 Å². The van der Waals surface area contributed by atoms with Gasteiger partial charge in [0.25, 0.3) is 0 Å². The average Bonchev–Trinajstić information content (AvgIpc) is 1.98. The summed E-state index contributed by atoms with van der Waals surface area (Å²) in [6, 6.07) is 0. The number of aliphatic hydroxyl groups is 1. The van der Waals surface area contributed by atoms with E-state index in [-0.39, 0.29) is 11.9 Å². The summed E-state index contributed by atoms with van der Waals surface area (Å²) < 4.78 is 4.45.